The molecule has 2 heterocycles. The van der Waals surface area contributed by atoms with Gasteiger partial charge >= 0.3 is 0 Å². The molecule has 0 aliphatic heterocycles. The predicted molar refractivity (Wildman–Crippen MR) is 89.6 cm³/mol. The van der Waals surface area contributed by atoms with Gasteiger partial charge in [-0.05, 0) is 24.6 Å². The zero-order valence-corrected chi connectivity index (χ0v) is 14.5. The van der Waals surface area contributed by atoms with E-state index in [0.717, 1.165) is 0 Å². The second-order valence-electron chi connectivity index (χ2n) is 5.19. The molecule has 9 nitrogen and oxygen atoms in total. The van der Waals surface area contributed by atoms with Crippen LogP contribution in [0.1, 0.15) is 28.7 Å². The van der Waals surface area contributed by atoms with Crippen LogP contribution in [0.25, 0.3) is 0 Å². The minimum absolute atomic E-state index is 0.0245. The Balaban J connectivity index is 2.09. The van der Waals surface area contributed by atoms with E-state index in [1.807, 2.05) is 0 Å². The van der Waals surface area contributed by atoms with Gasteiger partial charge in [0, 0.05) is 25.4 Å². The third-order valence-corrected chi connectivity index (χ3v) is 3.11. The maximum atomic E-state index is 12.3. The number of methoxy groups -OCH3 is 1. The number of aromatic nitrogens is 3. The number of rotatable bonds is 7. The van der Waals surface area contributed by atoms with E-state index in [1.54, 1.807) is 13.0 Å². The smallest absolute Gasteiger partial charge is 0.270 e. The lowest BCUT2D eigenvalue weighted by molar-refractivity contribution is -0.114. The van der Waals surface area contributed by atoms with Crippen LogP contribution in [0.3, 0.4) is 0 Å². The molecule has 138 valence electrons. The van der Waals surface area contributed by atoms with Crippen LogP contribution >= 0.6 is 0 Å². The van der Waals surface area contributed by atoms with Gasteiger partial charge in [-0.1, -0.05) is 0 Å². The Morgan fingerprint density at radius 2 is 2.04 bits per heavy atom. The molecule has 0 fully saturated rings. The molecule has 0 aromatic carbocycles. The molecule has 0 spiro atoms. The van der Waals surface area contributed by atoms with Crippen LogP contribution < -0.4 is 20.1 Å². The number of halogens is 1. The number of nitrogens with zero attached hydrogens (tertiary/aromatic N) is 3. The average Bonchev–Trinajstić information content (AvgIpc) is 2.59. The van der Waals surface area contributed by atoms with Gasteiger partial charge in [0.2, 0.25) is 18.7 Å². The fourth-order valence-corrected chi connectivity index (χ4v) is 2.05. The number of aryl methyl sites for hydroxylation is 1. The summed E-state index contributed by atoms with van der Waals surface area (Å²) in [6.07, 6.45) is 1.43. The van der Waals surface area contributed by atoms with E-state index < -0.39 is 12.8 Å². The number of anilines is 1. The Bertz CT molecular complexity index is 815. The summed E-state index contributed by atoms with van der Waals surface area (Å²) in [7, 11) is 1.40. The first-order valence-electron chi connectivity index (χ1n) is 7.56. The van der Waals surface area contributed by atoms with Crippen LogP contribution in [0.15, 0.2) is 18.3 Å². The SMILES string of the molecule is COc1cc(CNC(=O)c2cc(C)nc(NC(C)=O)n2)cnc1OCF. The lowest BCUT2D eigenvalue weighted by Crippen LogP contribution is -2.25. The fourth-order valence-electron chi connectivity index (χ4n) is 2.05. The van der Waals surface area contributed by atoms with Crippen molar-refractivity contribution in [2.45, 2.75) is 20.4 Å². The Morgan fingerprint density at radius 1 is 1.27 bits per heavy atom. The predicted octanol–water partition coefficient (Wildman–Crippen LogP) is 1.38. The number of carbonyl (C=O) groups excluding carboxylic acids is 2. The van der Waals surface area contributed by atoms with Crippen LogP contribution in [-0.4, -0.2) is 40.7 Å². The van der Waals surface area contributed by atoms with Gasteiger partial charge in [-0.3, -0.25) is 14.9 Å². The van der Waals surface area contributed by atoms with Gasteiger partial charge in [0.25, 0.3) is 11.8 Å². The quantitative estimate of drug-likeness (QED) is 0.763. The van der Waals surface area contributed by atoms with Crippen molar-refractivity contribution in [1.29, 1.82) is 0 Å². The van der Waals surface area contributed by atoms with Crippen molar-refractivity contribution in [3.8, 4) is 11.6 Å². The molecular formula is C16H18FN5O4. The van der Waals surface area contributed by atoms with Gasteiger partial charge in [0.1, 0.15) is 5.69 Å². The van der Waals surface area contributed by atoms with Crippen LogP contribution in [-0.2, 0) is 11.3 Å². The molecule has 2 aromatic rings. The number of nitrogens with one attached hydrogen (secondary N) is 2. The first-order valence-corrected chi connectivity index (χ1v) is 7.56. The van der Waals surface area contributed by atoms with E-state index in [2.05, 4.69) is 25.6 Å². The highest BCUT2D eigenvalue weighted by molar-refractivity contribution is 5.93. The molecule has 0 bridgehead atoms. The van der Waals surface area contributed by atoms with E-state index in [9.17, 15) is 14.0 Å². The van der Waals surface area contributed by atoms with Crippen molar-refractivity contribution < 1.29 is 23.5 Å². The molecule has 0 aliphatic carbocycles. The summed E-state index contributed by atoms with van der Waals surface area (Å²) >= 11 is 0. The van der Waals surface area contributed by atoms with E-state index >= 15 is 0 Å². The van der Waals surface area contributed by atoms with Crippen LogP contribution in [0.4, 0.5) is 10.3 Å². The van der Waals surface area contributed by atoms with Gasteiger partial charge in [-0.25, -0.2) is 19.3 Å². The summed E-state index contributed by atoms with van der Waals surface area (Å²) in [5.74, 6) is -0.462. The van der Waals surface area contributed by atoms with Gasteiger partial charge in [0.15, 0.2) is 5.75 Å². The minimum Gasteiger partial charge on any atom is -0.491 e. The number of hydrogen-bond acceptors (Lipinski definition) is 7. The third kappa shape index (κ3) is 5.10. The number of carbonyl (C=O) groups is 2. The van der Waals surface area contributed by atoms with Gasteiger partial charge in [-0.2, -0.15) is 0 Å². The summed E-state index contributed by atoms with van der Waals surface area (Å²) in [6, 6.07) is 3.07. The molecule has 2 aromatic heterocycles. The summed E-state index contributed by atoms with van der Waals surface area (Å²) in [5.41, 5.74) is 1.26. The molecule has 0 saturated heterocycles. The first-order chi connectivity index (χ1) is 12.4. The van der Waals surface area contributed by atoms with Crippen molar-refractivity contribution >= 4 is 17.8 Å². The number of amides is 2. The molecule has 0 radical (unpaired) electrons. The average molecular weight is 363 g/mol. The maximum absolute atomic E-state index is 12.3. The number of ether oxygens (including phenoxy) is 2. The molecule has 26 heavy (non-hydrogen) atoms. The molecule has 0 saturated carbocycles. The van der Waals surface area contributed by atoms with Crippen molar-refractivity contribution in [2.75, 3.05) is 19.3 Å². The van der Waals surface area contributed by atoms with E-state index in [0.29, 0.717) is 11.3 Å². The Hall–Kier alpha value is -3.30. The van der Waals surface area contributed by atoms with Crippen molar-refractivity contribution in [3.05, 3.63) is 35.3 Å². The second-order valence-corrected chi connectivity index (χ2v) is 5.19. The highest BCUT2D eigenvalue weighted by atomic mass is 19.1. The van der Waals surface area contributed by atoms with E-state index in [1.165, 1.54) is 26.3 Å². The highest BCUT2D eigenvalue weighted by Gasteiger charge is 2.13. The summed E-state index contributed by atoms with van der Waals surface area (Å²) < 4.78 is 22.0. The summed E-state index contributed by atoms with van der Waals surface area (Å²) in [4.78, 5) is 35.4. The Morgan fingerprint density at radius 3 is 2.69 bits per heavy atom. The third-order valence-electron chi connectivity index (χ3n) is 3.11. The lowest BCUT2D eigenvalue weighted by Gasteiger charge is -2.10. The second kappa shape index (κ2) is 8.70. The minimum atomic E-state index is -1.02. The monoisotopic (exact) mass is 363 g/mol. The van der Waals surface area contributed by atoms with Crippen LogP contribution in [0.5, 0.6) is 11.6 Å². The van der Waals surface area contributed by atoms with Gasteiger partial charge < -0.3 is 14.8 Å². The normalized spacial score (nSPS) is 10.2. The summed E-state index contributed by atoms with van der Waals surface area (Å²) in [5, 5.41) is 5.11. The number of alkyl halides is 1. The van der Waals surface area contributed by atoms with Crippen LogP contribution in [0.2, 0.25) is 0 Å². The van der Waals surface area contributed by atoms with Gasteiger partial charge in [0.05, 0.1) is 7.11 Å². The van der Waals surface area contributed by atoms with Crippen molar-refractivity contribution in [3.63, 3.8) is 0 Å². The van der Waals surface area contributed by atoms with Gasteiger partial charge in [-0.15, -0.1) is 0 Å². The maximum Gasteiger partial charge on any atom is 0.270 e. The molecular weight excluding hydrogens is 345 g/mol. The number of pyridine rings is 1. The van der Waals surface area contributed by atoms with E-state index in [-0.39, 0.29) is 35.7 Å². The molecule has 0 aliphatic rings. The van der Waals surface area contributed by atoms with Crippen molar-refractivity contribution in [1.82, 2.24) is 20.3 Å². The van der Waals surface area contributed by atoms with Crippen LogP contribution in [0, 0.1) is 6.92 Å². The largest absolute Gasteiger partial charge is 0.491 e. The lowest BCUT2D eigenvalue weighted by atomic mass is 10.2. The van der Waals surface area contributed by atoms with Crippen molar-refractivity contribution in [2.24, 2.45) is 0 Å². The Kier molecular flexibility index (Phi) is 6.36. The fraction of sp³-hybridized carbons (Fsp3) is 0.312. The first kappa shape index (κ1) is 19.0. The molecule has 0 unspecified atom stereocenters. The standard InChI is InChI=1S/C16H18FN5O4/c1-9-4-12(22-16(20-9)21-10(2)23)14(24)18-6-11-5-13(25-3)15(19-7-11)26-8-17/h4-5,7H,6,8H2,1-3H3,(H,18,24)(H,20,21,22,23). The summed E-state index contributed by atoms with van der Waals surface area (Å²) in [6.45, 7) is 2.12. The Labute approximate surface area is 149 Å². The molecule has 2 amide bonds. The molecule has 2 N–H and O–H groups in total. The zero-order valence-electron chi connectivity index (χ0n) is 14.5. The zero-order chi connectivity index (χ0) is 19.1. The topological polar surface area (TPSA) is 115 Å². The number of hydrogen-bond donors (Lipinski definition) is 2. The highest BCUT2D eigenvalue weighted by Crippen LogP contribution is 2.25. The molecule has 2 rings (SSSR count). The molecule has 10 heteroatoms. The molecule has 0 atom stereocenters. The van der Waals surface area contributed by atoms with E-state index in [4.69, 9.17) is 9.47 Å².